The first-order valence-corrected chi connectivity index (χ1v) is 6.60. The molecule has 2 N–H and O–H groups in total. The van der Waals surface area contributed by atoms with Gasteiger partial charge < -0.3 is 5.11 Å². The highest BCUT2D eigenvalue weighted by atomic mass is 79.9. The van der Waals surface area contributed by atoms with Crippen molar-refractivity contribution in [2.45, 2.75) is 6.92 Å². The minimum absolute atomic E-state index is 0.0863. The van der Waals surface area contributed by atoms with Crippen molar-refractivity contribution in [1.29, 1.82) is 0 Å². The zero-order valence-electron chi connectivity index (χ0n) is 10.7. The van der Waals surface area contributed by atoms with Crippen LogP contribution in [0.4, 0.5) is 0 Å². The van der Waals surface area contributed by atoms with Crippen LogP contribution >= 0.6 is 15.9 Å². The molecule has 1 heterocycles. The van der Waals surface area contributed by atoms with Crippen molar-refractivity contribution in [3.05, 3.63) is 57.8 Å². The van der Waals surface area contributed by atoms with Crippen molar-refractivity contribution in [3.63, 3.8) is 0 Å². The Balaban J connectivity index is 2.04. The normalized spacial score (nSPS) is 10.7. The first kappa shape index (κ1) is 14.2. The van der Waals surface area contributed by atoms with Gasteiger partial charge in [-0.1, -0.05) is 15.9 Å². The monoisotopic (exact) mass is 333 g/mol. The summed E-state index contributed by atoms with van der Waals surface area (Å²) in [6.07, 6.45) is 2.86. The van der Waals surface area contributed by atoms with Gasteiger partial charge in [-0.05, 0) is 37.3 Å². The average molecular weight is 334 g/mol. The number of halogens is 1. The molecule has 0 bridgehead atoms. The molecule has 0 saturated carbocycles. The first-order valence-electron chi connectivity index (χ1n) is 5.81. The van der Waals surface area contributed by atoms with Crippen LogP contribution in [0.15, 0.2) is 46.1 Å². The molecular weight excluding hydrogens is 322 g/mol. The molecule has 0 atom stereocenters. The molecule has 0 aliphatic heterocycles. The third-order valence-electron chi connectivity index (χ3n) is 2.53. The standard InChI is InChI=1S/C14H12BrN3O2/c1-9-2-3-10(7-16-9)14(20)18-17-8-11-6-12(15)4-5-13(11)19/h2-8,19H,1H3,(H,18,20)/b17-8-. The second-order valence-corrected chi connectivity index (χ2v) is 5.01. The lowest BCUT2D eigenvalue weighted by molar-refractivity contribution is 0.0954. The smallest absolute Gasteiger partial charge is 0.272 e. The predicted molar refractivity (Wildman–Crippen MR) is 79.8 cm³/mol. The molecule has 0 aliphatic carbocycles. The van der Waals surface area contributed by atoms with Gasteiger partial charge in [-0.2, -0.15) is 5.10 Å². The van der Waals surface area contributed by atoms with Crippen molar-refractivity contribution in [2.75, 3.05) is 0 Å². The van der Waals surface area contributed by atoms with Gasteiger partial charge in [0.05, 0.1) is 11.8 Å². The quantitative estimate of drug-likeness (QED) is 0.669. The van der Waals surface area contributed by atoms with Gasteiger partial charge in [-0.25, -0.2) is 5.43 Å². The van der Waals surface area contributed by atoms with Gasteiger partial charge in [0.15, 0.2) is 0 Å². The number of aromatic hydroxyl groups is 1. The number of nitrogens with one attached hydrogen (secondary N) is 1. The van der Waals surface area contributed by atoms with Crippen LogP contribution in [0, 0.1) is 6.92 Å². The van der Waals surface area contributed by atoms with E-state index in [0.29, 0.717) is 11.1 Å². The summed E-state index contributed by atoms with van der Waals surface area (Å²) in [5, 5.41) is 13.4. The number of carbonyl (C=O) groups excluding carboxylic acids is 1. The topological polar surface area (TPSA) is 74.6 Å². The summed E-state index contributed by atoms with van der Waals surface area (Å²) in [6.45, 7) is 1.84. The maximum atomic E-state index is 11.8. The maximum Gasteiger partial charge on any atom is 0.272 e. The number of pyridine rings is 1. The van der Waals surface area contributed by atoms with Crippen molar-refractivity contribution in [1.82, 2.24) is 10.4 Å². The van der Waals surface area contributed by atoms with E-state index in [1.807, 2.05) is 6.92 Å². The summed E-state index contributed by atoms with van der Waals surface area (Å²) in [5.74, 6) is -0.272. The van der Waals surface area contributed by atoms with Crippen molar-refractivity contribution in [3.8, 4) is 5.75 Å². The highest BCUT2D eigenvalue weighted by molar-refractivity contribution is 9.10. The molecular formula is C14H12BrN3O2. The fourth-order valence-electron chi connectivity index (χ4n) is 1.46. The van der Waals surface area contributed by atoms with E-state index >= 15 is 0 Å². The van der Waals surface area contributed by atoms with E-state index in [1.54, 1.807) is 24.3 Å². The zero-order chi connectivity index (χ0) is 14.5. The van der Waals surface area contributed by atoms with Gasteiger partial charge >= 0.3 is 0 Å². The Hall–Kier alpha value is -2.21. The van der Waals surface area contributed by atoms with Crippen LogP contribution in [0.5, 0.6) is 5.75 Å². The summed E-state index contributed by atoms with van der Waals surface area (Å²) < 4.78 is 0.811. The van der Waals surface area contributed by atoms with Crippen molar-refractivity contribution < 1.29 is 9.90 Å². The van der Waals surface area contributed by atoms with E-state index in [9.17, 15) is 9.90 Å². The predicted octanol–water partition coefficient (Wildman–Crippen LogP) is 2.62. The molecule has 0 radical (unpaired) electrons. The Morgan fingerprint density at radius 2 is 2.20 bits per heavy atom. The number of aromatic nitrogens is 1. The SMILES string of the molecule is Cc1ccc(C(=O)N/N=C\c2cc(Br)ccc2O)cn1. The number of phenolic OH excluding ortho intramolecular Hbond substituents is 1. The van der Waals surface area contributed by atoms with Crippen LogP contribution in [0.3, 0.4) is 0 Å². The Morgan fingerprint density at radius 1 is 1.40 bits per heavy atom. The second-order valence-electron chi connectivity index (χ2n) is 4.09. The number of benzene rings is 1. The number of nitrogens with zero attached hydrogens (tertiary/aromatic N) is 2. The molecule has 1 aromatic carbocycles. The largest absolute Gasteiger partial charge is 0.507 e. The Bertz CT molecular complexity index is 654. The van der Waals surface area contributed by atoms with E-state index in [0.717, 1.165) is 10.2 Å². The Labute approximate surface area is 124 Å². The molecule has 0 unspecified atom stereocenters. The molecule has 2 rings (SSSR count). The number of hydrogen-bond donors (Lipinski definition) is 2. The summed E-state index contributed by atoms with van der Waals surface area (Å²) in [4.78, 5) is 15.8. The molecule has 102 valence electrons. The van der Waals surface area contributed by atoms with E-state index in [4.69, 9.17) is 0 Å². The summed E-state index contributed by atoms with van der Waals surface area (Å²) in [6, 6.07) is 8.36. The molecule has 0 aliphatic rings. The van der Waals surface area contributed by atoms with Gasteiger partial charge in [0.25, 0.3) is 5.91 Å². The molecule has 2 aromatic rings. The zero-order valence-corrected chi connectivity index (χ0v) is 12.3. The van der Waals surface area contributed by atoms with E-state index in [-0.39, 0.29) is 11.7 Å². The minimum atomic E-state index is -0.358. The lowest BCUT2D eigenvalue weighted by atomic mass is 10.2. The van der Waals surface area contributed by atoms with E-state index in [2.05, 4.69) is 31.4 Å². The lowest BCUT2D eigenvalue weighted by Crippen LogP contribution is -2.17. The molecule has 0 saturated heterocycles. The average Bonchev–Trinajstić information content (AvgIpc) is 2.43. The van der Waals surface area contributed by atoms with Gasteiger partial charge in [0, 0.05) is 21.9 Å². The number of hydrogen-bond acceptors (Lipinski definition) is 4. The summed E-state index contributed by atoms with van der Waals surface area (Å²) >= 11 is 3.29. The summed E-state index contributed by atoms with van der Waals surface area (Å²) in [5.41, 5.74) is 4.14. The van der Waals surface area contributed by atoms with Crippen LogP contribution in [0.25, 0.3) is 0 Å². The lowest BCUT2D eigenvalue weighted by Gasteiger charge is -2.01. The highest BCUT2D eigenvalue weighted by Crippen LogP contribution is 2.19. The van der Waals surface area contributed by atoms with Crippen molar-refractivity contribution >= 4 is 28.1 Å². The van der Waals surface area contributed by atoms with Crippen LogP contribution in [0.2, 0.25) is 0 Å². The van der Waals surface area contributed by atoms with Crippen LogP contribution in [-0.4, -0.2) is 22.2 Å². The molecule has 1 amide bonds. The first-order chi connectivity index (χ1) is 9.56. The number of hydrazone groups is 1. The highest BCUT2D eigenvalue weighted by Gasteiger charge is 2.04. The van der Waals surface area contributed by atoms with Crippen molar-refractivity contribution in [2.24, 2.45) is 5.10 Å². The fraction of sp³-hybridized carbons (Fsp3) is 0.0714. The number of aryl methyl sites for hydroxylation is 1. The number of amides is 1. The number of phenols is 1. The Morgan fingerprint density at radius 3 is 2.90 bits per heavy atom. The van der Waals surface area contributed by atoms with Crippen LogP contribution < -0.4 is 5.43 Å². The molecule has 0 spiro atoms. The maximum absolute atomic E-state index is 11.8. The van der Waals surface area contributed by atoms with E-state index < -0.39 is 0 Å². The molecule has 0 fully saturated rings. The van der Waals surface area contributed by atoms with Crippen LogP contribution in [-0.2, 0) is 0 Å². The van der Waals surface area contributed by atoms with Gasteiger partial charge in [0.1, 0.15) is 5.75 Å². The number of carbonyl (C=O) groups is 1. The summed E-state index contributed by atoms with van der Waals surface area (Å²) in [7, 11) is 0. The third-order valence-corrected chi connectivity index (χ3v) is 3.03. The minimum Gasteiger partial charge on any atom is -0.507 e. The molecule has 20 heavy (non-hydrogen) atoms. The fourth-order valence-corrected chi connectivity index (χ4v) is 1.83. The third kappa shape index (κ3) is 3.64. The second kappa shape index (κ2) is 6.29. The van der Waals surface area contributed by atoms with Gasteiger partial charge in [-0.15, -0.1) is 0 Å². The van der Waals surface area contributed by atoms with Gasteiger partial charge in [-0.3, -0.25) is 9.78 Å². The van der Waals surface area contributed by atoms with Crippen LogP contribution in [0.1, 0.15) is 21.6 Å². The Kier molecular flexibility index (Phi) is 4.47. The van der Waals surface area contributed by atoms with E-state index in [1.165, 1.54) is 18.5 Å². The number of rotatable bonds is 3. The molecule has 5 nitrogen and oxygen atoms in total. The molecule has 6 heteroatoms. The molecule has 1 aromatic heterocycles. The van der Waals surface area contributed by atoms with Gasteiger partial charge in [0.2, 0.25) is 0 Å².